The number of aryl methyl sites for hydroxylation is 1. The molecular formula is C23H23ClN2O4S. The van der Waals surface area contributed by atoms with Crippen LogP contribution in [0.15, 0.2) is 77.7 Å². The van der Waals surface area contributed by atoms with Gasteiger partial charge in [-0.25, -0.2) is 8.42 Å². The van der Waals surface area contributed by atoms with E-state index in [-0.39, 0.29) is 15.6 Å². The lowest BCUT2D eigenvalue weighted by Crippen LogP contribution is -2.38. The van der Waals surface area contributed by atoms with Crippen LogP contribution >= 0.6 is 11.6 Å². The Labute approximate surface area is 187 Å². The molecule has 3 rings (SSSR count). The molecule has 1 amide bonds. The summed E-state index contributed by atoms with van der Waals surface area (Å²) in [7, 11) is -2.55. The number of hydrogen-bond donors (Lipinski definition) is 1. The van der Waals surface area contributed by atoms with E-state index >= 15 is 0 Å². The van der Waals surface area contributed by atoms with Gasteiger partial charge in [-0.05, 0) is 54.4 Å². The quantitative estimate of drug-likeness (QED) is 0.528. The van der Waals surface area contributed by atoms with Gasteiger partial charge in [0.05, 0.1) is 22.7 Å². The van der Waals surface area contributed by atoms with Crippen molar-refractivity contribution in [3.05, 3.63) is 83.4 Å². The molecule has 0 aliphatic heterocycles. The summed E-state index contributed by atoms with van der Waals surface area (Å²) >= 11 is 6.22. The SMILES string of the molecule is CCc1ccc(NC(=O)CN(c2ccc(OC)c(Cl)c2)S(=O)(=O)c2ccccc2)cc1. The van der Waals surface area contributed by atoms with Crippen LogP contribution < -0.4 is 14.4 Å². The first-order valence-corrected chi connectivity index (χ1v) is 11.5. The monoisotopic (exact) mass is 458 g/mol. The second-order valence-electron chi connectivity index (χ2n) is 6.74. The van der Waals surface area contributed by atoms with Gasteiger partial charge in [-0.15, -0.1) is 0 Å². The summed E-state index contributed by atoms with van der Waals surface area (Å²) in [6.45, 7) is 1.62. The smallest absolute Gasteiger partial charge is 0.264 e. The van der Waals surface area contributed by atoms with Gasteiger partial charge in [0, 0.05) is 5.69 Å². The van der Waals surface area contributed by atoms with Gasteiger partial charge < -0.3 is 10.1 Å². The molecule has 0 fully saturated rings. The van der Waals surface area contributed by atoms with Gasteiger partial charge in [0.15, 0.2) is 0 Å². The van der Waals surface area contributed by atoms with E-state index in [0.29, 0.717) is 11.4 Å². The van der Waals surface area contributed by atoms with Crippen LogP contribution in [0.2, 0.25) is 5.02 Å². The molecule has 3 aromatic carbocycles. The summed E-state index contributed by atoms with van der Waals surface area (Å²) < 4.78 is 32.9. The molecule has 0 radical (unpaired) electrons. The van der Waals surface area contributed by atoms with Crippen molar-refractivity contribution in [1.29, 1.82) is 0 Å². The highest BCUT2D eigenvalue weighted by Gasteiger charge is 2.27. The number of nitrogens with one attached hydrogen (secondary N) is 1. The molecule has 0 atom stereocenters. The second kappa shape index (κ2) is 9.85. The van der Waals surface area contributed by atoms with Crippen molar-refractivity contribution in [1.82, 2.24) is 0 Å². The number of nitrogens with zero attached hydrogens (tertiary/aromatic N) is 1. The molecule has 0 aliphatic rings. The summed E-state index contributed by atoms with van der Waals surface area (Å²) in [6, 6.07) is 19.9. The number of carbonyl (C=O) groups is 1. The van der Waals surface area contributed by atoms with Crippen molar-refractivity contribution in [3.63, 3.8) is 0 Å². The van der Waals surface area contributed by atoms with Crippen LogP contribution in [-0.2, 0) is 21.2 Å². The number of hydrogen-bond acceptors (Lipinski definition) is 4. The average Bonchev–Trinajstić information content (AvgIpc) is 2.78. The van der Waals surface area contributed by atoms with Crippen molar-refractivity contribution < 1.29 is 17.9 Å². The molecule has 0 bridgehead atoms. The standard InChI is InChI=1S/C23H23ClN2O4S/c1-3-17-9-11-18(12-10-17)25-23(27)16-26(19-13-14-22(30-2)21(24)15-19)31(28,29)20-7-5-4-6-8-20/h4-15H,3,16H2,1-2H3,(H,25,27). The number of benzene rings is 3. The molecule has 1 N–H and O–H groups in total. The molecular weight excluding hydrogens is 436 g/mol. The van der Waals surface area contributed by atoms with E-state index in [4.69, 9.17) is 16.3 Å². The maximum absolute atomic E-state index is 13.3. The normalized spacial score (nSPS) is 11.1. The molecule has 8 heteroatoms. The van der Waals surface area contributed by atoms with Gasteiger partial charge in [0.2, 0.25) is 5.91 Å². The fourth-order valence-electron chi connectivity index (χ4n) is 3.00. The van der Waals surface area contributed by atoms with E-state index < -0.39 is 22.5 Å². The fraction of sp³-hybridized carbons (Fsp3) is 0.174. The van der Waals surface area contributed by atoms with E-state index in [2.05, 4.69) is 5.32 Å². The van der Waals surface area contributed by atoms with Gasteiger partial charge in [-0.2, -0.15) is 0 Å². The third-order valence-corrected chi connectivity index (χ3v) is 6.77. The number of amides is 1. The third kappa shape index (κ3) is 5.37. The van der Waals surface area contributed by atoms with Crippen LogP contribution in [0, 0.1) is 0 Å². The van der Waals surface area contributed by atoms with E-state index in [1.807, 2.05) is 19.1 Å². The van der Waals surface area contributed by atoms with Crippen LogP contribution in [0.4, 0.5) is 11.4 Å². The number of methoxy groups -OCH3 is 1. The van der Waals surface area contributed by atoms with Gasteiger partial charge in [0.25, 0.3) is 10.0 Å². The molecule has 0 aromatic heterocycles. The molecule has 0 aliphatic carbocycles. The summed E-state index contributed by atoms with van der Waals surface area (Å²) in [4.78, 5) is 12.8. The number of ether oxygens (including phenoxy) is 1. The van der Waals surface area contributed by atoms with E-state index in [1.54, 1.807) is 42.5 Å². The summed E-state index contributed by atoms with van der Waals surface area (Å²) in [5.74, 6) is -0.0707. The second-order valence-corrected chi connectivity index (χ2v) is 9.01. The summed E-state index contributed by atoms with van der Waals surface area (Å²) in [5.41, 5.74) is 1.98. The topological polar surface area (TPSA) is 75.7 Å². The highest BCUT2D eigenvalue weighted by molar-refractivity contribution is 7.92. The number of rotatable bonds is 8. The van der Waals surface area contributed by atoms with E-state index in [9.17, 15) is 13.2 Å². The summed E-state index contributed by atoms with van der Waals surface area (Å²) in [6.07, 6.45) is 0.884. The first-order valence-electron chi connectivity index (χ1n) is 9.65. The minimum absolute atomic E-state index is 0.0713. The lowest BCUT2D eigenvalue weighted by Gasteiger charge is -2.24. The van der Waals surface area contributed by atoms with Crippen LogP contribution in [0.1, 0.15) is 12.5 Å². The molecule has 0 saturated carbocycles. The van der Waals surface area contributed by atoms with Crippen LogP contribution in [0.25, 0.3) is 0 Å². The third-order valence-electron chi connectivity index (χ3n) is 4.69. The Kier molecular flexibility index (Phi) is 7.20. The molecule has 162 valence electrons. The zero-order chi connectivity index (χ0) is 22.4. The van der Waals surface area contributed by atoms with Crippen molar-refractivity contribution in [2.45, 2.75) is 18.2 Å². The predicted molar refractivity (Wildman–Crippen MR) is 123 cm³/mol. The van der Waals surface area contributed by atoms with Crippen LogP contribution in [0.3, 0.4) is 0 Å². The Hall–Kier alpha value is -3.03. The highest BCUT2D eigenvalue weighted by atomic mass is 35.5. The van der Waals surface area contributed by atoms with Gasteiger partial charge in [-0.1, -0.05) is 48.9 Å². The first-order chi connectivity index (χ1) is 14.8. The molecule has 3 aromatic rings. The zero-order valence-electron chi connectivity index (χ0n) is 17.2. The Balaban J connectivity index is 1.93. The maximum atomic E-state index is 13.3. The minimum atomic E-state index is -4.02. The van der Waals surface area contributed by atoms with Crippen LogP contribution in [-0.4, -0.2) is 28.0 Å². The Morgan fingerprint density at radius 1 is 1.03 bits per heavy atom. The number of carbonyl (C=O) groups excluding carboxylic acids is 1. The fourth-order valence-corrected chi connectivity index (χ4v) is 4.69. The minimum Gasteiger partial charge on any atom is -0.495 e. The van der Waals surface area contributed by atoms with Crippen LogP contribution in [0.5, 0.6) is 5.75 Å². The first kappa shape index (κ1) is 22.7. The lowest BCUT2D eigenvalue weighted by molar-refractivity contribution is -0.114. The Morgan fingerprint density at radius 2 is 1.71 bits per heavy atom. The van der Waals surface area contributed by atoms with Gasteiger partial charge in [-0.3, -0.25) is 9.10 Å². The molecule has 0 spiro atoms. The highest BCUT2D eigenvalue weighted by Crippen LogP contribution is 2.32. The lowest BCUT2D eigenvalue weighted by atomic mass is 10.1. The van der Waals surface area contributed by atoms with E-state index in [0.717, 1.165) is 16.3 Å². The maximum Gasteiger partial charge on any atom is 0.264 e. The van der Waals surface area contributed by atoms with Crippen molar-refractivity contribution in [2.75, 3.05) is 23.3 Å². The molecule has 31 heavy (non-hydrogen) atoms. The zero-order valence-corrected chi connectivity index (χ0v) is 18.8. The van der Waals surface area contributed by atoms with Gasteiger partial charge >= 0.3 is 0 Å². The van der Waals surface area contributed by atoms with Crippen molar-refractivity contribution in [3.8, 4) is 5.75 Å². The Bertz CT molecular complexity index is 1150. The van der Waals surface area contributed by atoms with Crippen molar-refractivity contribution >= 4 is 38.9 Å². The largest absolute Gasteiger partial charge is 0.495 e. The molecule has 0 unspecified atom stereocenters. The molecule has 0 heterocycles. The van der Waals surface area contributed by atoms with E-state index in [1.165, 1.54) is 25.3 Å². The number of anilines is 2. The predicted octanol–water partition coefficient (Wildman–Crippen LogP) is 4.75. The van der Waals surface area contributed by atoms with Gasteiger partial charge in [0.1, 0.15) is 12.3 Å². The Morgan fingerprint density at radius 3 is 2.29 bits per heavy atom. The number of sulfonamides is 1. The van der Waals surface area contributed by atoms with Crippen molar-refractivity contribution in [2.24, 2.45) is 0 Å². The summed E-state index contributed by atoms with van der Waals surface area (Å²) in [5, 5.41) is 2.99. The molecule has 6 nitrogen and oxygen atoms in total. The average molecular weight is 459 g/mol. The number of halogens is 1. The molecule has 0 saturated heterocycles.